The van der Waals surface area contributed by atoms with E-state index >= 15 is 0 Å². The quantitative estimate of drug-likeness (QED) is 0.869. The molecule has 5 heteroatoms. The Kier molecular flexibility index (Phi) is 4.08. The summed E-state index contributed by atoms with van der Waals surface area (Å²) in [5, 5.41) is 0. The summed E-state index contributed by atoms with van der Waals surface area (Å²) in [6.45, 7) is 4.84. The average Bonchev–Trinajstić information content (AvgIpc) is 3.41. The van der Waals surface area contributed by atoms with E-state index in [0.717, 1.165) is 50.3 Å². The van der Waals surface area contributed by atoms with Gasteiger partial charge in [0.1, 0.15) is 5.82 Å². The molecule has 0 bridgehead atoms. The molecule has 0 spiro atoms. The Balaban J connectivity index is 1.51. The van der Waals surface area contributed by atoms with Crippen LogP contribution in [0.3, 0.4) is 0 Å². The van der Waals surface area contributed by atoms with Crippen LogP contribution in [0.15, 0.2) is 30.7 Å². The van der Waals surface area contributed by atoms with Gasteiger partial charge < -0.3 is 9.47 Å². The molecule has 0 aromatic carbocycles. The summed E-state index contributed by atoms with van der Waals surface area (Å²) in [4.78, 5) is 23.3. The van der Waals surface area contributed by atoms with Crippen molar-refractivity contribution < 1.29 is 4.79 Å². The highest BCUT2D eigenvalue weighted by Gasteiger charge is 2.35. The number of nitrogens with zero attached hydrogens (tertiary/aromatic N) is 4. The number of aromatic nitrogens is 3. The lowest BCUT2D eigenvalue weighted by Gasteiger charge is -2.33. The van der Waals surface area contributed by atoms with Crippen molar-refractivity contribution in [2.45, 2.75) is 39.2 Å². The average molecular weight is 324 g/mol. The zero-order valence-corrected chi connectivity index (χ0v) is 14.2. The van der Waals surface area contributed by atoms with Crippen LogP contribution in [0.1, 0.15) is 31.4 Å². The van der Waals surface area contributed by atoms with Gasteiger partial charge in [0.2, 0.25) is 5.91 Å². The minimum atomic E-state index is 0.324. The monoisotopic (exact) mass is 324 g/mol. The molecule has 1 aliphatic carbocycles. The Hall–Kier alpha value is -2.17. The molecule has 0 radical (unpaired) electrons. The maximum absolute atomic E-state index is 12.4. The second-order valence-corrected chi connectivity index (χ2v) is 7.14. The molecule has 1 saturated carbocycles. The Morgan fingerprint density at radius 2 is 2.17 bits per heavy atom. The molecule has 1 aliphatic heterocycles. The number of rotatable bonds is 4. The first-order chi connectivity index (χ1) is 11.7. The van der Waals surface area contributed by atoms with E-state index in [-0.39, 0.29) is 0 Å². The third kappa shape index (κ3) is 3.07. The summed E-state index contributed by atoms with van der Waals surface area (Å²) in [5.74, 6) is 2.19. The predicted molar refractivity (Wildman–Crippen MR) is 92.2 cm³/mol. The van der Waals surface area contributed by atoms with Gasteiger partial charge in [0.15, 0.2) is 0 Å². The summed E-state index contributed by atoms with van der Waals surface area (Å²) in [6, 6.07) is 4.00. The summed E-state index contributed by atoms with van der Waals surface area (Å²) < 4.78 is 2.28. The summed E-state index contributed by atoms with van der Waals surface area (Å²) in [6.07, 6.45) is 10.0. The number of imidazole rings is 1. The van der Waals surface area contributed by atoms with E-state index in [4.69, 9.17) is 0 Å². The highest BCUT2D eigenvalue weighted by molar-refractivity contribution is 5.81. The number of pyridine rings is 1. The lowest BCUT2D eigenvalue weighted by molar-refractivity contribution is -0.134. The van der Waals surface area contributed by atoms with E-state index < -0.39 is 0 Å². The van der Waals surface area contributed by atoms with Crippen molar-refractivity contribution in [2.24, 2.45) is 11.8 Å². The van der Waals surface area contributed by atoms with Gasteiger partial charge in [-0.3, -0.25) is 9.78 Å². The first-order valence-electron chi connectivity index (χ1n) is 8.93. The third-order valence-corrected chi connectivity index (χ3v) is 5.17. The summed E-state index contributed by atoms with van der Waals surface area (Å²) >= 11 is 0. The predicted octanol–water partition coefficient (Wildman–Crippen LogP) is 2.90. The topological polar surface area (TPSA) is 51.0 Å². The fraction of sp³-hybridized carbons (Fsp3) is 0.526. The molecule has 0 N–H and O–H groups in total. The molecule has 2 aliphatic rings. The van der Waals surface area contributed by atoms with Crippen LogP contribution in [0.5, 0.6) is 0 Å². The van der Waals surface area contributed by atoms with Gasteiger partial charge in [-0.15, -0.1) is 0 Å². The molecular formula is C19H24N4O. The van der Waals surface area contributed by atoms with Gasteiger partial charge in [0.05, 0.1) is 0 Å². The first kappa shape index (κ1) is 15.4. The van der Waals surface area contributed by atoms with Crippen LogP contribution < -0.4 is 0 Å². The fourth-order valence-corrected chi connectivity index (χ4v) is 3.68. The van der Waals surface area contributed by atoms with Crippen molar-refractivity contribution in [3.05, 3.63) is 36.4 Å². The minimum Gasteiger partial charge on any atom is -0.342 e. The number of likely N-dealkylation sites (tertiary alicyclic amines) is 1. The van der Waals surface area contributed by atoms with E-state index in [1.54, 1.807) is 6.20 Å². The van der Waals surface area contributed by atoms with Gasteiger partial charge >= 0.3 is 0 Å². The zero-order valence-electron chi connectivity index (χ0n) is 14.2. The second-order valence-electron chi connectivity index (χ2n) is 7.14. The van der Waals surface area contributed by atoms with Gasteiger partial charge in [-0.25, -0.2) is 4.98 Å². The number of hydrogen-bond acceptors (Lipinski definition) is 3. The Bertz CT molecular complexity index is 720. The minimum absolute atomic E-state index is 0.324. The van der Waals surface area contributed by atoms with Crippen molar-refractivity contribution >= 4 is 5.91 Å². The number of piperidine rings is 1. The van der Waals surface area contributed by atoms with Crippen LogP contribution in [0.4, 0.5) is 0 Å². The van der Waals surface area contributed by atoms with Crippen LogP contribution >= 0.6 is 0 Å². The fourth-order valence-electron chi connectivity index (χ4n) is 3.68. The standard InChI is InChI=1S/C19H24N4O/c1-14-10-21-18(17-5-2-8-20-11-17)23(14)13-15-4-3-9-22(12-15)19(24)16-6-7-16/h2,5,8,10-11,15-16H,3-4,6-7,9,12-13H2,1H3. The largest absolute Gasteiger partial charge is 0.342 e. The highest BCUT2D eigenvalue weighted by Crippen LogP contribution is 2.33. The number of carbonyl (C=O) groups is 1. The molecule has 2 aromatic heterocycles. The molecule has 1 unspecified atom stereocenters. The molecule has 2 fully saturated rings. The molecule has 2 aromatic rings. The normalized spacial score (nSPS) is 21.0. The van der Waals surface area contributed by atoms with Crippen molar-refractivity contribution in [3.8, 4) is 11.4 Å². The van der Waals surface area contributed by atoms with E-state index in [0.29, 0.717) is 17.7 Å². The molecule has 1 atom stereocenters. The lowest BCUT2D eigenvalue weighted by Crippen LogP contribution is -2.41. The van der Waals surface area contributed by atoms with Crippen molar-refractivity contribution in [2.75, 3.05) is 13.1 Å². The Morgan fingerprint density at radius 3 is 2.92 bits per heavy atom. The molecular weight excluding hydrogens is 300 g/mol. The van der Waals surface area contributed by atoms with E-state index in [1.807, 2.05) is 18.5 Å². The van der Waals surface area contributed by atoms with Crippen LogP contribution in [0.25, 0.3) is 11.4 Å². The number of hydrogen-bond donors (Lipinski definition) is 0. The molecule has 24 heavy (non-hydrogen) atoms. The van der Waals surface area contributed by atoms with Crippen molar-refractivity contribution in [1.29, 1.82) is 0 Å². The van der Waals surface area contributed by atoms with Crippen molar-refractivity contribution in [3.63, 3.8) is 0 Å². The molecule has 3 heterocycles. The van der Waals surface area contributed by atoms with Crippen LogP contribution in [-0.4, -0.2) is 38.4 Å². The number of amides is 1. The molecule has 1 saturated heterocycles. The number of aryl methyl sites for hydroxylation is 1. The summed E-state index contributed by atoms with van der Waals surface area (Å²) in [7, 11) is 0. The van der Waals surface area contributed by atoms with Gasteiger partial charge in [-0.1, -0.05) is 0 Å². The third-order valence-electron chi connectivity index (χ3n) is 5.17. The highest BCUT2D eigenvalue weighted by atomic mass is 16.2. The maximum Gasteiger partial charge on any atom is 0.225 e. The SMILES string of the molecule is Cc1cnc(-c2cccnc2)n1CC1CCCN(C(=O)C2CC2)C1. The second kappa shape index (κ2) is 6.38. The smallest absolute Gasteiger partial charge is 0.225 e. The Morgan fingerprint density at radius 1 is 1.29 bits per heavy atom. The van der Waals surface area contributed by atoms with Crippen LogP contribution in [0, 0.1) is 18.8 Å². The van der Waals surface area contributed by atoms with Gasteiger partial charge in [0, 0.05) is 55.4 Å². The molecule has 126 valence electrons. The first-order valence-corrected chi connectivity index (χ1v) is 8.93. The summed E-state index contributed by atoms with van der Waals surface area (Å²) in [5.41, 5.74) is 2.21. The lowest BCUT2D eigenvalue weighted by atomic mass is 9.97. The van der Waals surface area contributed by atoms with E-state index in [9.17, 15) is 4.79 Å². The van der Waals surface area contributed by atoms with Crippen LogP contribution in [-0.2, 0) is 11.3 Å². The van der Waals surface area contributed by atoms with Gasteiger partial charge in [-0.05, 0) is 50.7 Å². The molecule has 4 rings (SSSR count). The Labute approximate surface area is 142 Å². The van der Waals surface area contributed by atoms with Crippen LogP contribution in [0.2, 0.25) is 0 Å². The van der Waals surface area contributed by atoms with Crippen molar-refractivity contribution in [1.82, 2.24) is 19.4 Å². The number of carbonyl (C=O) groups excluding carboxylic acids is 1. The van der Waals surface area contributed by atoms with E-state index in [1.165, 1.54) is 12.1 Å². The van der Waals surface area contributed by atoms with Gasteiger partial charge in [-0.2, -0.15) is 0 Å². The van der Waals surface area contributed by atoms with E-state index in [2.05, 4.69) is 32.4 Å². The zero-order chi connectivity index (χ0) is 16.5. The molecule has 5 nitrogen and oxygen atoms in total. The maximum atomic E-state index is 12.4. The molecule has 1 amide bonds. The van der Waals surface area contributed by atoms with Gasteiger partial charge in [0.25, 0.3) is 0 Å².